The first-order valence-electron chi connectivity index (χ1n) is 7.68. The molecule has 1 saturated carbocycles. The molecule has 0 N–H and O–H groups in total. The van der Waals surface area contributed by atoms with E-state index in [0.717, 1.165) is 30.0 Å². The van der Waals surface area contributed by atoms with Crippen LogP contribution in [0, 0.1) is 5.92 Å². The Morgan fingerprint density at radius 3 is 2.85 bits per heavy atom. The fraction of sp³-hybridized carbons (Fsp3) is 0.588. The van der Waals surface area contributed by atoms with Gasteiger partial charge < -0.3 is 9.64 Å². The molecular weight excluding hydrogens is 250 g/mol. The summed E-state index contributed by atoms with van der Waals surface area (Å²) in [5.41, 5.74) is 1.88. The molecule has 1 aliphatic heterocycles. The van der Waals surface area contributed by atoms with Gasteiger partial charge in [-0.2, -0.15) is 0 Å². The maximum absolute atomic E-state index is 12.7. The van der Waals surface area contributed by atoms with Crippen LogP contribution in [0.5, 0.6) is 0 Å². The summed E-state index contributed by atoms with van der Waals surface area (Å²) in [6.45, 7) is 1.49. The Balaban J connectivity index is 1.75. The topological polar surface area (TPSA) is 29.5 Å². The number of ether oxygens (including phenoxy) is 1. The largest absolute Gasteiger partial charge is 0.380 e. The van der Waals surface area contributed by atoms with Gasteiger partial charge in [-0.1, -0.05) is 18.6 Å². The molecule has 1 heterocycles. The molecule has 3 nitrogen and oxygen atoms in total. The van der Waals surface area contributed by atoms with Gasteiger partial charge in [0, 0.05) is 25.3 Å². The smallest absolute Gasteiger partial charge is 0.254 e. The Morgan fingerprint density at radius 2 is 2.15 bits per heavy atom. The number of methoxy groups -OCH3 is 1. The highest BCUT2D eigenvalue weighted by molar-refractivity contribution is 5.94. The van der Waals surface area contributed by atoms with Crippen LogP contribution in [0.1, 0.15) is 48.0 Å². The van der Waals surface area contributed by atoms with Gasteiger partial charge in [0.15, 0.2) is 0 Å². The van der Waals surface area contributed by atoms with Crippen LogP contribution >= 0.6 is 0 Å². The van der Waals surface area contributed by atoms with E-state index in [2.05, 4.69) is 4.90 Å². The van der Waals surface area contributed by atoms with E-state index in [1.54, 1.807) is 7.11 Å². The third-order valence-electron chi connectivity index (χ3n) is 4.74. The molecule has 1 aromatic carbocycles. The molecule has 2 aliphatic rings. The minimum Gasteiger partial charge on any atom is -0.380 e. The van der Waals surface area contributed by atoms with Crippen molar-refractivity contribution >= 4 is 5.91 Å². The van der Waals surface area contributed by atoms with Gasteiger partial charge in [-0.15, -0.1) is 0 Å². The molecule has 3 rings (SSSR count). The monoisotopic (exact) mass is 273 g/mol. The van der Waals surface area contributed by atoms with Gasteiger partial charge in [0.1, 0.15) is 0 Å². The second-order valence-corrected chi connectivity index (χ2v) is 6.03. The van der Waals surface area contributed by atoms with E-state index >= 15 is 0 Å². The standard InChI is InChI=1S/C17H23NO2/c1-20-12-13-5-2-8-15(11-13)17(19)18-10-4-9-16(18)14-6-3-7-14/h2,5,8,11,14,16H,3-4,6-7,9-10,12H2,1H3. The summed E-state index contributed by atoms with van der Waals surface area (Å²) in [5.74, 6) is 0.959. The highest BCUT2D eigenvalue weighted by Crippen LogP contribution is 2.37. The third-order valence-corrected chi connectivity index (χ3v) is 4.74. The molecule has 1 aromatic rings. The summed E-state index contributed by atoms with van der Waals surface area (Å²) in [4.78, 5) is 14.9. The minimum atomic E-state index is 0.206. The number of hydrogen-bond acceptors (Lipinski definition) is 2. The van der Waals surface area contributed by atoms with Gasteiger partial charge in [0.25, 0.3) is 5.91 Å². The first kappa shape index (κ1) is 13.6. The fourth-order valence-corrected chi connectivity index (χ4v) is 3.49. The molecule has 1 amide bonds. The van der Waals surface area contributed by atoms with Crippen molar-refractivity contribution < 1.29 is 9.53 Å². The molecule has 3 heteroatoms. The van der Waals surface area contributed by atoms with Crippen molar-refractivity contribution in [2.45, 2.75) is 44.8 Å². The van der Waals surface area contributed by atoms with E-state index in [0.29, 0.717) is 12.6 Å². The molecule has 0 spiro atoms. The van der Waals surface area contributed by atoms with Gasteiger partial charge in [-0.05, 0) is 49.3 Å². The SMILES string of the molecule is COCc1cccc(C(=O)N2CCCC2C2CCC2)c1. The van der Waals surface area contributed by atoms with E-state index in [9.17, 15) is 4.79 Å². The van der Waals surface area contributed by atoms with Gasteiger partial charge >= 0.3 is 0 Å². The Kier molecular flexibility index (Phi) is 4.06. The lowest BCUT2D eigenvalue weighted by Crippen LogP contribution is -2.42. The van der Waals surface area contributed by atoms with E-state index in [-0.39, 0.29) is 5.91 Å². The molecule has 20 heavy (non-hydrogen) atoms. The summed E-state index contributed by atoms with van der Waals surface area (Å²) in [7, 11) is 1.68. The second kappa shape index (κ2) is 5.96. The van der Waals surface area contributed by atoms with Crippen LogP contribution in [0.3, 0.4) is 0 Å². The van der Waals surface area contributed by atoms with Crippen LogP contribution in [-0.4, -0.2) is 30.5 Å². The number of nitrogens with zero attached hydrogens (tertiary/aromatic N) is 1. The molecule has 1 unspecified atom stereocenters. The molecule has 0 radical (unpaired) electrons. The molecule has 108 valence electrons. The van der Waals surface area contributed by atoms with Gasteiger partial charge in [0.2, 0.25) is 0 Å². The van der Waals surface area contributed by atoms with E-state index in [1.165, 1.54) is 25.7 Å². The van der Waals surface area contributed by atoms with Crippen molar-refractivity contribution in [2.24, 2.45) is 5.92 Å². The summed E-state index contributed by atoms with van der Waals surface area (Å²) in [5, 5.41) is 0. The van der Waals surface area contributed by atoms with Crippen molar-refractivity contribution in [1.29, 1.82) is 0 Å². The van der Waals surface area contributed by atoms with Crippen LogP contribution in [0.4, 0.5) is 0 Å². The molecule has 1 saturated heterocycles. The van der Waals surface area contributed by atoms with E-state index in [4.69, 9.17) is 4.74 Å². The van der Waals surface area contributed by atoms with Gasteiger partial charge in [0.05, 0.1) is 6.61 Å². The van der Waals surface area contributed by atoms with E-state index in [1.807, 2.05) is 24.3 Å². The molecule has 2 fully saturated rings. The predicted molar refractivity (Wildman–Crippen MR) is 78.6 cm³/mol. The number of rotatable bonds is 4. The molecule has 1 aliphatic carbocycles. The predicted octanol–water partition coefficient (Wildman–Crippen LogP) is 3.24. The number of amides is 1. The maximum Gasteiger partial charge on any atom is 0.254 e. The van der Waals surface area contributed by atoms with Gasteiger partial charge in [-0.25, -0.2) is 0 Å². The van der Waals surface area contributed by atoms with Crippen molar-refractivity contribution in [3.63, 3.8) is 0 Å². The number of benzene rings is 1. The average molecular weight is 273 g/mol. The fourth-order valence-electron chi connectivity index (χ4n) is 3.49. The van der Waals surface area contributed by atoms with Crippen molar-refractivity contribution in [3.05, 3.63) is 35.4 Å². The Morgan fingerprint density at radius 1 is 1.30 bits per heavy atom. The lowest BCUT2D eigenvalue weighted by atomic mass is 9.78. The minimum absolute atomic E-state index is 0.206. The van der Waals surface area contributed by atoms with Crippen LogP contribution in [0.25, 0.3) is 0 Å². The lowest BCUT2D eigenvalue weighted by molar-refractivity contribution is 0.0626. The van der Waals surface area contributed by atoms with Crippen LogP contribution in [0.15, 0.2) is 24.3 Å². The van der Waals surface area contributed by atoms with Crippen LogP contribution < -0.4 is 0 Å². The van der Waals surface area contributed by atoms with Crippen molar-refractivity contribution in [2.75, 3.05) is 13.7 Å². The summed E-state index contributed by atoms with van der Waals surface area (Å²) in [6, 6.07) is 8.35. The third kappa shape index (κ3) is 2.59. The van der Waals surface area contributed by atoms with Crippen molar-refractivity contribution in [3.8, 4) is 0 Å². The molecule has 1 atom stereocenters. The Labute approximate surface area is 120 Å². The number of carbonyl (C=O) groups excluding carboxylic acids is 1. The summed E-state index contributed by atoms with van der Waals surface area (Å²) in [6.07, 6.45) is 6.29. The zero-order valence-electron chi connectivity index (χ0n) is 12.2. The first-order valence-corrected chi connectivity index (χ1v) is 7.68. The number of carbonyl (C=O) groups is 1. The van der Waals surface area contributed by atoms with E-state index < -0.39 is 0 Å². The molecule has 0 bridgehead atoms. The summed E-state index contributed by atoms with van der Waals surface area (Å²) >= 11 is 0. The quantitative estimate of drug-likeness (QED) is 0.843. The van der Waals surface area contributed by atoms with Crippen LogP contribution in [0.2, 0.25) is 0 Å². The highest BCUT2D eigenvalue weighted by Gasteiger charge is 2.37. The summed E-state index contributed by atoms with van der Waals surface area (Å²) < 4.78 is 5.15. The Bertz CT molecular complexity index is 482. The molecular formula is C17H23NO2. The normalized spacial score (nSPS) is 22.9. The Hall–Kier alpha value is -1.35. The average Bonchev–Trinajstić information content (AvgIpc) is 2.85. The second-order valence-electron chi connectivity index (χ2n) is 6.03. The van der Waals surface area contributed by atoms with Crippen molar-refractivity contribution in [1.82, 2.24) is 4.90 Å². The zero-order valence-corrected chi connectivity index (χ0v) is 12.2. The maximum atomic E-state index is 12.7. The number of likely N-dealkylation sites (tertiary alicyclic amines) is 1. The lowest BCUT2D eigenvalue weighted by Gasteiger charge is -2.37. The van der Waals surface area contributed by atoms with Gasteiger partial charge in [-0.3, -0.25) is 4.79 Å². The zero-order chi connectivity index (χ0) is 13.9. The van der Waals surface area contributed by atoms with Crippen LogP contribution in [-0.2, 0) is 11.3 Å². The number of hydrogen-bond donors (Lipinski definition) is 0. The highest BCUT2D eigenvalue weighted by atomic mass is 16.5. The first-order chi connectivity index (χ1) is 9.79. The molecule has 0 aromatic heterocycles.